The average Bonchev–Trinajstić information content (AvgIpc) is 2.42. The van der Waals surface area contributed by atoms with Crippen LogP contribution in [0.1, 0.15) is 31.2 Å². The molecule has 0 aliphatic heterocycles. The summed E-state index contributed by atoms with van der Waals surface area (Å²) in [6.07, 6.45) is 5.31. The number of benzene rings is 1. The van der Waals surface area contributed by atoms with E-state index in [2.05, 4.69) is 11.5 Å². The van der Waals surface area contributed by atoms with Crippen LogP contribution in [0.4, 0.5) is 0 Å². The molecule has 0 spiro atoms. The standard InChI is InChI=1S/C15H24N2O2/c1-18-14-7-4-3-6-12(14)10-13(17-16)11-15(19-2)8-5-9-15/h3-4,6-7,13,17H,5,8-11,16H2,1-2H3. The molecule has 1 fully saturated rings. The first-order chi connectivity index (χ1) is 9.23. The highest BCUT2D eigenvalue weighted by molar-refractivity contribution is 5.33. The summed E-state index contributed by atoms with van der Waals surface area (Å²) >= 11 is 0. The summed E-state index contributed by atoms with van der Waals surface area (Å²) in [5, 5.41) is 0. The third kappa shape index (κ3) is 3.26. The van der Waals surface area contributed by atoms with Crippen molar-refractivity contribution in [2.24, 2.45) is 5.84 Å². The predicted octanol–water partition coefficient (Wildman–Crippen LogP) is 2.03. The maximum Gasteiger partial charge on any atom is 0.122 e. The molecule has 106 valence electrons. The molecule has 0 saturated heterocycles. The van der Waals surface area contributed by atoms with Gasteiger partial charge in [-0.05, 0) is 43.7 Å². The van der Waals surface area contributed by atoms with Crippen LogP contribution in [0.5, 0.6) is 5.75 Å². The Morgan fingerprint density at radius 3 is 2.58 bits per heavy atom. The second kappa shape index (κ2) is 6.37. The number of nitrogens with two attached hydrogens (primary N) is 1. The number of para-hydroxylation sites is 1. The molecule has 1 saturated carbocycles. The van der Waals surface area contributed by atoms with Crippen LogP contribution in [0.25, 0.3) is 0 Å². The highest BCUT2D eigenvalue weighted by atomic mass is 16.5. The van der Waals surface area contributed by atoms with Crippen molar-refractivity contribution in [1.29, 1.82) is 0 Å². The lowest BCUT2D eigenvalue weighted by Gasteiger charge is -2.42. The van der Waals surface area contributed by atoms with E-state index in [9.17, 15) is 0 Å². The molecule has 1 aliphatic rings. The smallest absolute Gasteiger partial charge is 0.122 e. The zero-order chi connectivity index (χ0) is 13.7. The van der Waals surface area contributed by atoms with Gasteiger partial charge < -0.3 is 9.47 Å². The average molecular weight is 264 g/mol. The number of ether oxygens (including phenoxy) is 2. The molecule has 1 aromatic rings. The van der Waals surface area contributed by atoms with Gasteiger partial charge in [-0.25, -0.2) is 0 Å². The molecule has 0 amide bonds. The van der Waals surface area contributed by atoms with E-state index in [1.54, 1.807) is 14.2 Å². The minimum Gasteiger partial charge on any atom is -0.496 e. The van der Waals surface area contributed by atoms with Gasteiger partial charge in [0.15, 0.2) is 0 Å². The van der Waals surface area contributed by atoms with Gasteiger partial charge in [-0.2, -0.15) is 0 Å². The van der Waals surface area contributed by atoms with E-state index in [4.69, 9.17) is 15.3 Å². The molecule has 0 heterocycles. The molecule has 3 N–H and O–H groups in total. The quantitative estimate of drug-likeness (QED) is 0.584. The first-order valence-corrected chi connectivity index (χ1v) is 6.86. The molecule has 1 aromatic carbocycles. The van der Waals surface area contributed by atoms with E-state index < -0.39 is 0 Å². The molecule has 19 heavy (non-hydrogen) atoms. The molecule has 1 atom stereocenters. The predicted molar refractivity (Wildman–Crippen MR) is 76.0 cm³/mol. The lowest BCUT2D eigenvalue weighted by molar-refractivity contribution is -0.0834. The van der Waals surface area contributed by atoms with Crippen LogP contribution in [0.15, 0.2) is 24.3 Å². The maximum absolute atomic E-state index is 5.71. The molecule has 2 rings (SSSR count). The third-order valence-electron chi connectivity index (χ3n) is 4.21. The number of hydrazine groups is 1. The molecular formula is C15H24N2O2. The van der Waals surface area contributed by atoms with Crippen molar-refractivity contribution < 1.29 is 9.47 Å². The largest absolute Gasteiger partial charge is 0.496 e. The molecule has 0 bridgehead atoms. The fourth-order valence-corrected chi connectivity index (χ4v) is 2.84. The van der Waals surface area contributed by atoms with Crippen LogP contribution in [0.3, 0.4) is 0 Å². The van der Waals surface area contributed by atoms with Crippen LogP contribution < -0.4 is 16.0 Å². The Balaban J connectivity index is 2.02. The summed E-state index contributed by atoms with van der Waals surface area (Å²) in [7, 11) is 3.50. The first kappa shape index (κ1) is 14.3. The maximum atomic E-state index is 5.71. The van der Waals surface area contributed by atoms with Crippen molar-refractivity contribution in [3.05, 3.63) is 29.8 Å². The molecule has 0 radical (unpaired) electrons. The van der Waals surface area contributed by atoms with Crippen molar-refractivity contribution >= 4 is 0 Å². The zero-order valence-electron chi connectivity index (χ0n) is 11.8. The summed E-state index contributed by atoms with van der Waals surface area (Å²) in [4.78, 5) is 0. The molecule has 4 heteroatoms. The minimum absolute atomic E-state index is 0.0268. The van der Waals surface area contributed by atoms with Crippen LogP contribution in [-0.2, 0) is 11.2 Å². The number of methoxy groups -OCH3 is 2. The Hall–Kier alpha value is -1.10. The molecule has 1 unspecified atom stereocenters. The zero-order valence-corrected chi connectivity index (χ0v) is 11.8. The van der Waals surface area contributed by atoms with Gasteiger partial charge in [0.05, 0.1) is 12.7 Å². The van der Waals surface area contributed by atoms with Gasteiger partial charge in [0.2, 0.25) is 0 Å². The summed E-state index contributed by atoms with van der Waals surface area (Å²) in [6.45, 7) is 0. The Kier molecular flexibility index (Phi) is 4.80. The van der Waals surface area contributed by atoms with Crippen molar-refractivity contribution in [1.82, 2.24) is 5.43 Å². The number of hydrogen-bond donors (Lipinski definition) is 2. The Bertz CT molecular complexity index is 399. The van der Waals surface area contributed by atoms with Crippen molar-refractivity contribution in [3.8, 4) is 5.75 Å². The van der Waals surface area contributed by atoms with Crippen molar-refractivity contribution in [3.63, 3.8) is 0 Å². The van der Waals surface area contributed by atoms with Crippen molar-refractivity contribution in [2.75, 3.05) is 14.2 Å². The fraction of sp³-hybridized carbons (Fsp3) is 0.600. The van der Waals surface area contributed by atoms with Gasteiger partial charge in [-0.15, -0.1) is 0 Å². The van der Waals surface area contributed by atoms with E-state index in [0.29, 0.717) is 0 Å². The SMILES string of the molecule is COc1ccccc1CC(CC1(OC)CCC1)NN. The molecule has 0 aromatic heterocycles. The van der Waals surface area contributed by atoms with Gasteiger partial charge in [0.1, 0.15) is 5.75 Å². The van der Waals surface area contributed by atoms with E-state index in [-0.39, 0.29) is 11.6 Å². The third-order valence-corrected chi connectivity index (χ3v) is 4.21. The normalized spacial score (nSPS) is 18.7. The minimum atomic E-state index is 0.0268. The lowest BCUT2D eigenvalue weighted by Crippen LogP contribution is -2.48. The molecule has 4 nitrogen and oxygen atoms in total. The lowest BCUT2D eigenvalue weighted by atomic mass is 9.75. The number of nitrogens with one attached hydrogen (secondary N) is 1. The second-order valence-electron chi connectivity index (χ2n) is 5.32. The Labute approximate surface area is 115 Å². The van der Waals surface area contributed by atoms with Gasteiger partial charge in [0.25, 0.3) is 0 Å². The van der Waals surface area contributed by atoms with Crippen LogP contribution >= 0.6 is 0 Å². The Morgan fingerprint density at radius 1 is 1.32 bits per heavy atom. The Morgan fingerprint density at radius 2 is 2.05 bits per heavy atom. The van der Waals surface area contributed by atoms with Crippen molar-refractivity contribution in [2.45, 2.75) is 43.7 Å². The van der Waals surface area contributed by atoms with Gasteiger partial charge in [0, 0.05) is 13.2 Å². The summed E-state index contributed by atoms with van der Waals surface area (Å²) in [5.74, 6) is 6.63. The molecule has 1 aliphatic carbocycles. The highest BCUT2D eigenvalue weighted by Gasteiger charge is 2.38. The van der Waals surface area contributed by atoms with E-state index in [1.165, 1.54) is 12.0 Å². The van der Waals surface area contributed by atoms with Crippen LogP contribution in [-0.4, -0.2) is 25.9 Å². The van der Waals surface area contributed by atoms with Gasteiger partial charge in [-0.3, -0.25) is 11.3 Å². The summed E-state index contributed by atoms with van der Waals surface area (Å²) in [5.41, 5.74) is 4.13. The van der Waals surface area contributed by atoms with E-state index in [0.717, 1.165) is 31.4 Å². The van der Waals surface area contributed by atoms with E-state index >= 15 is 0 Å². The topological polar surface area (TPSA) is 56.5 Å². The monoisotopic (exact) mass is 264 g/mol. The summed E-state index contributed by atoms with van der Waals surface area (Å²) < 4.78 is 11.1. The van der Waals surface area contributed by atoms with Crippen LogP contribution in [0.2, 0.25) is 0 Å². The molecular weight excluding hydrogens is 240 g/mol. The summed E-state index contributed by atoms with van der Waals surface area (Å²) in [6, 6.07) is 8.29. The fourth-order valence-electron chi connectivity index (χ4n) is 2.84. The van der Waals surface area contributed by atoms with Gasteiger partial charge >= 0.3 is 0 Å². The first-order valence-electron chi connectivity index (χ1n) is 6.86. The number of rotatable bonds is 7. The van der Waals surface area contributed by atoms with Gasteiger partial charge in [-0.1, -0.05) is 18.2 Å². The number of hydrogen-bond acceptors (Lipinski definition) is 4. The van der Waals surface area contributed by atoms with Crippen LogP contribution in [0, 0.1) is 0 Å². The second-order valence-corrected chi connectivity index (χ2v) is 5.32. The highest BCUT2D eigenvalue weighted by Crippen LogP contribution is 2.39. The van der Waals surface area contributed by atoms with E-state index in [1.807, 2.05) is 18.2 Å².